The molecule has 0 bridgehead atoms. The Bertz CT molecular complexity index is 1190. The van der Waals surface area contributed by atoms with E-state index in [0.29, 0.717) is 61.9 Å². The van der Waals surface area contributed by atoms with Crippen molar-refractivity contribution in [1.82, 2.24) is 15.2 Å². The van der Waals surface area contributed by atoms with Crippen LogP contribution in [0.5, 0.6) is 5.75 Å². The van der Waals surface area contributed by atoms with Crippen LogP contribution in [0.1, 0.15) is 62.3 Å². The highest BCUT2D eigenvalue weighted by Crippen LogP contribution is 2.54. The maximum Gasteiger partial charge on any atom is 0.326 e. The Balaban J connectivity index is 1.31. The number of aromatic nitrogens is 1. The number of ether oxygens (including phenoxy) is 2. The van der Waals surface area contributed by atoms with E-state index < -0.39 is 17.4 Å². The summed E-state index contributed by atoms with van der Waals surface area (Å²) in [5, 5.41) is 16.6. The molecular formula is C31H43ClN4O5. The number of carboxylic acids is 1. The van der Waals surface area contributed by atoms with Gasteiger partial charge in [0.2, 0.25) is 5.91 Å². The number of pyridine rings is 1. The van der Waals surface area contributed by atoms with Crippen LogP contribution in [-0.4, -0.2) is 79.4 Å². The Morgan fingerprint density at radius 2 is 2.02 bits per heavy atom. The smallest absolute Gasteiger partial charge is 0.326 e. The molecule has 2 heterocycles. The van der Waals surface area contributed by atoms with Crippen molar-refractivity contribution in [2.24, 2.45) is 0 Å². The molecule has 224 valence electrons. The van der Waals surface area contributed by atoms with E-state index in [9.17, 15) is 14.7 Å². The summed E-state index contributed by atoms with van der Waals surface area (Å²) in [5.41, 5.74) is 2.16. The van der Waals surface area contributed by atoms with Gasteiger partial charge in [0.15, 0.2) is 0 Å². The SMILES string of the molecule is CCOCCN(CCCCc1ccc2c(n1)NCCC2)CCC(NC(=O)C1(c2c(Cl)cccc2OC)CC1)C(=O)O. The van der Waals surface area contributed by atoms with Gasteiger partial charge in [0, 0.05) is 42.5 Å². The number of unbranched alkanes of at least 4 members (excludes halogenated alkanes) is 1. The molecule has 1 aliphatic heterocycles. The first-order chi connectivity index (χ1) is 19.9. The van der Waals surface area contributed by atoms with E-state index in [2.05, 4.69) is 27.7 Å². The molecule has 9 nitrogen and oxygen atoms in total. The molecule has 2 aromatic rings. The number of halogens is 1. The number of methoxy groups -OCH3 is 1. The fraction of sp³-hybridized carbons (Fsp3) is 0.581. The maximum atomic E-state index is 13.4. The van der Waals surface area contributed by atoms with Gasteiger partial charge in [-0.1, -0.05) is 23.7 Å². The monoisotopic (exact) mass is 586 g/mol. The molecule has 1 unspecified atom stereocenters. The summed E-state index contributed by atoms with van der Waals surface area (Å²) in [7, 11) is 1.54. The Labute approximate surface area is 248 Å². The van der Waals surface area contributed by atoms with Crippen LogP contribution in [0.2, 0.25) is 5.02 Å². The number of benzene rings is 1. The molecule has 1 amide bonds. The van der Waals surface area contributed by atoms with Crippen LogP contribution in [0, 0.1) is 0 Å². The molecule has 3 N–H and O–H groups in total. The Morgan fingerprint density at radius 1 is 1.20 bits per heavy atom. The number of aliphatic carboxylic acids is 1. The minimum Gasteiger partial charge on any atom is -0.496 e. The van der Waals surface area contributed by atoms with E-state index in [4.69, 9.17) is 26.1 Å². The van der Waals surface area contributed by atoms with Gasteiger partial charge in [-0.2, -0.15) is 0 Å². The molecule has 4 rings (SSSR count). The lowest BCUT2D eigenvalue weighted by molar-refractivity contribution is -0.142. The fourth-order valence-electron chi connectivity index (χ4n) is 5.54. The van der Waals surface area contributed by atoms with Crippen molar-refractivity contribution in [3.05, 3.63) is 52.2 Å². The number of aryl methyl sites for hydroxylation is 2. The van der Waals surface area contributed by atoms with Crippen LogP contribution in [0.3, 0.4) is 0 Å². The Hall–Kier alpha value is -2.88. The lowest BCUT2D eigenvalue weighted by Gasteiger charge is -2.26. The van der Waals surface area contributed by atoms with E-state index in [1.54, 1.807) is 25.3 Å². The molecule has 0 spiro atoms. The summed E-state index contributed by atoms with van der Waals surface area (Å²) < 4.78 is 11.1. The summed E-state index contributed by atoms with van der Waals surface area (Å²) in [5.74, 6) is 0.206. The third-order valence-electron chi connectivity index (χ3n) is 8.06. The predicted molar refractivity (Wildman–Crippen MR) is 160 cm³/mol. The third kappa shape index (κ3) is 8.11. The number of anilines is 1. The van der Waals surface area contributed by atoms with E-state index in [0.717, 1.165) is 56.7 Å². The zero-order valence-electron chi connectivity index (χ0n) is 24.2. The van der Waals surface area contributed by atoms with Crippen LogP contribution in [0.15, 0.2) is 30.3 Å². The lowest BCUT2D eigenvalue weighted by atomic mass is 9.93. The first kappa shape index (κ1) is 31.1. The molecule has 1 saturated carbocycles. The second-order valence-corrected chi connectivity index (χ2v) is 11.3. The summed E-state index contributed by atoms with van der Waals surface area (Å²) in [6, 6.07) is 8.59. The number of carbonyl (C=O) groups excluding carboxylic acids is 1. The maximum absolute atomic E-state index is 13.4. The summed E-state index contributed by atoms with van der Waals surface area (Å²) in [4.78, 5) is 32.6. The summed E-state index contributed by atoms with van der Waals surface area (Å²) >= 11 is 6.47. The van der Waals surface area contributed by atoms with Crippen molar-refractivity contribution in [2.45, 2.75) is 69.7 Å². The molecule has 0 saturated heterocycles. The van der Waals surface area contributed by atoms with E-state index in [1.807, 2.05) is 6.92 Å². The molecule has 10 heteroatoms. The van der Waals surface area contributed by atoms with Crippen LogP contribution < -0.4 is 15.4 Å². The highest BCUT2D eigenvalue weighted by atomic mass is 35.5. The van der Waals surface area contributed by atoms with Gasteiger partial charge in [-0.15, -0.1) is 0 Å². The molecule has 41 heavy (non-hydrogen) atoms. The van der Waals surface area contributed by atoms with Crippen molar-refractivity contribution < 1.29 is 24.2 Å². The number of carboxylic acid groups (broad SMARTS) is 1. The van der Waals surface area contributed by atoms with Crippen LogP contribution in [0.4, 0.5) is 5.82 Å². The number of carbonyl (C=O) groups is 2. The van der Waals surface area contributed by atoms with Crippen molar-refractivity contribution >= 4 is 29.3 Å². The van der Waals surface area contributed by atoms with Gasteiger partial charge < -0.3 is 30.1 Å². The van der Waals surface area contributed by atoms with Crippen LogP contribution in [-0.2, 0) is 32.6 Å². The van der Waals surface area contributed by atoms with Gasteiger partial charge in [-0.05, 0) is 88.6 Å². The van der Waals surface area contributed by atoms with E-state index in [-0.39, 0.29) is 5.91 Å². The minimum atomic E-state index is -1.04. The zero-order chi connectivity index (χ0) is 29.2. The first-order valence-electron chi connectivity index (χ1n) is 14.8. The molecular weight excluding hydrogens is 544 g/mol. The number of hydrogen-bond donors (Lipinski definition) is 3. The molecule has 1 atom stereocenters. The quantitative estimate of drug-likeness (QED) is 0.233. The number of rotatable bonds is 17. The molecule has 1 aromatic carbocycles. The van der Waals surface area contributed by atoms with Gasteiger partial charge in [0.25, 0.3) is 0 Å². The Morgan fingerprint density at radius 3 is 2.76 bits per heavy atom. The largest absolute Gasteiger partial charge is 0.496 e. The Kier molecular flexibility index (Phi) is 11.2. The van der Waals surface area contributed by atoms with Gasteiger partial charge >= 0.3 is 5.97 Å². The minimum absolute atomic E-state index is 0.293. The number of amides is 1. The average Bonchev–Trinajstić information content (AvgIpc) is 3.78. The van der Waals surface area contributed by atoms with Gasteiger partial charge in [-0.25, -0.2) is 9.78 Å². The second kappa shape index (κ2) is 14.8. The van der Waals surface area contributed by atoms with Crippen molar-refractivity contribution in [1.29, 1.82) is 0 Å². The fourth-order valence-corrected chi connectivity index (χ4v) is 5.89. The topological polar surface area (TPSA) is 113 Å². The summed E-state index contributed by atoms with van der Waals surface area (Å²) in [6.45, 7) is 6.20. The van der Waals surface area contributed by atoms with Gasteiger partial charge in [0.1, 0.15) is 17.6 Å². The average molecular weight is 587 g/mol. The third-order valence-corrected chi connectivity index (χ3v) is 8.38. The molecule has 2 aliphatic rings. The molecule has 1 aromatic heterocycles. The number of nitrogens with zero attached hydrogens (tertiary/aromatic N) is 2. The number of hydrogen-bond acceptors (Lipinski definition) is 7. The van der Waals surface area contributed by atoms with Gasteiger partial charge in [0.05, 0.1) is 19.1 Å². The molecule has 1 aliphatic carbocycles. The van der Waals surface area contributed by atoms with Crippen molar-refractivity contribution in [2.75, 3.05) is 51.8 Å². The van der Waals surface area contributed by atoms with E-state index >= 15 is 0 Å². The van der Waals surface area contributed by atoms with Crippen LogP contribution in [0.25, 0.3) is 0 Å². The number of nitrogens with one attached hydrogen (secondary N) is 2. The summed E-state index contributed by atoms with van der Waals surface area (Å²) in [6.07, 6.45) is 6.56. The highest BCUT2D eigenvalue weighted by Gasteiger charge is 2.54. The van der Waals surface area contributed by atoms with Crippen molar-refractivity contribution in [3.8, 4) is 5.75 Å². The predicted octanol–water partition coefficient (Wildman–Crippen LogP) is 4.45. The zero-order valence-corrected chi connectivity index (χ0v) is 25.0. The molecule has 1 fully saturated rings. The highest BCUT2D eigenvalue weighted by molar-refractivity contribution is 6.32. The first-order valence-corrected chi connectivity index (χ1v) is 15.1. The van der Waals surface area contributed by atoms with Gasteiger partial charge in [-0.3, -0.25) is 4.79 Å². The normalized spacial score (nSPS) is 16.0. The standard InChI is InChI=1S/C31H43ClN4O5/c1-3-41-21-20-36(18-5-4-9-23-13-12-22-8-7-17-33-28(22)34-23)19-14-25(29(37)38)35-30(39)31(15-16-31)27-24(32)10-6-11-26(27)40-2/h6,10-13,25H,3-5,7-9,14-21H2,1-2H3,(H,33,34)(H,35,39)(H,37,38). The van der Waals surface area contributed by atoms with E-state index in [1.165, 1.54) is 5.56 Å². The molecule has 0 radical (unpaired) electrons. The number of fused-ring (bicyclic) bond motifs is 1. The lowest BCUT2D eigenvalue weighted by Crippen LogP contribution is -2.47. The van der Waals surface area contributed by atoms with Crippen molar-refractivity contribution in [3.63, 3.8) is 0 Å². The van der Waals surface area contributed by atoms with Crippen LogP contribution >= 0.6 is 11.6 Å². The second-order valence-electron chi connectivity index (χ2n) is 10.9.